The maximum Gasteiger partial charge on any atom is 0.194 e. The van der Waals surface area contributed by atoms with Gasteiger partial charge in [-0.2, -0.15) is 0 Å². The number of nitrogens with zero attached hydrogens (tertiary/aromatic N) is 3. The van der Waals surface area contributed by atoms with Crippen LogP contribution in [-0.4, -0.2) is 49.8 Å². The van der Waals surface area contributed by atoms with E-state index in [1.54, 1.807) is 14.2 Å². The molecule has 0 aliphatic heterocycles. The van der Waals surface area contributed by atoms with Crippen LogP contribution < -0.4 is 10.1 Å². The van der Waals surface area contributed by atoms with Crippen LogP contribution in [0.4, 0.5) is 0 Å². The molecule has 0 unspecified atom stereocenters. The zero-order chi connectivity index (χ0) is 18.9. The average Bonchev–Trinajstić information content (AvgIpc) is 2.93. The van der Waals surface area contributed by atoms with E-state index in [9.17, 15) is 0 Å². The van der Waals surface area contributed by atoms with Crippen molar-refractivity contribution in [2.75, 3.05) is 34.4 Å². The van der Waals surface area contributed by atoms with E-state index in [1.807, 2.05) is 32.3 Å². The highest BCUT2D eigenvalue weighted by Crippen LogP contribution is 2.15. The molecule has 0 amide bonds. The lowest BCUT2D eigenvalue weighted by Crippen LogP contribution is -2.38. The highest BCUT2D eigenvalue weighted by Gasteiger charge is 2.10. The molecule has 0 spiro atoms. The van der Waals surface area contributed by atoms with E-state index >= 15 is 0 Å². The zero-order valence-corrected chi connectivity index (χ0v) is 17.4. The Bertz CT molecular complexity index is 730. The molecular formula is C19H27BrN4O2. The van der Waals surface area contributed by atoms with E-state index in [0.29, 0.717) is 19.8 Å². The summed E-state index contributed by atoms with van der Waals surface area (Å²) < 4.78 is 13.9. The predicted molar refractivity (Wildman–Crippen MR) is 109 cm³/mol. The summed E-state index contributed by atoms with van der Waals surface area (Å²) in [5.41, 5.74) is 2.34. The first-order valence-electron chi connectivity index (χ1n) is 8.46. The number of aryl methyl sites for hydroxylation is 1. The molecule has 0 saturated carbocycles. The minimum absolute atomic E-state index is 0.546. The molecule has 7 heteroatoms. The van der Waals surface area contributed by atoms with Gasteiger partial charge in [-0.25, -0.2) is 0 Å². The minimum atomic E-state index is 0.546. The lowest BCUT2D eigenvalue weighted by Gasteiger charge is -2.22. The highest BCUT2D eigenvalue weighted by molar-refractivity contribution is 9.10. The van der Waals surface area contributed by atoms with Crippen LogP contribution in [0.2, 0.25) is 0 Å². The number of benzene rings is 1. The summed E-state index contributed by atoms with van der Waals surface area (Å²) in [4.78, 5) is 6.48. The van der Waals surface area contributed by atoms with E-state index < -0.39 is 0 Å². The topological polar surface area (TPSA) is 51.0 Å². The maximum absolute atomic E-state index is 5.66. The van der Waals surface area contributed by atoms with E-state index in [-0.39, 0.29) is 0 Å². The number of nitrogens with one attached hydrogen (secondary N) is 1. The normalized spacial score (nSPS) is 11.5. The first kappa shape index (κ1) is 20.3. The molecular weight excluding hydrogens is 396 g/mol. The van der Waals surface area contributed by atoms with Crippen molar-refractivity contribution in [1.29, 1.82) is 0 Å². The van der Waals surface area contributed by atoms with Gasteiger partial charge in [0.15, 0.2) is 5.96 Å². The summed E-state index contributed by atoms with van der Waals surface area (Å²) in [5.74, 6) is 1.69. The predicted octanol–water partition coefficient (Wildman–Crippen LogP) is 3.02. The Morgan fingerprint density at radius 1 is 1.31 bits per heavy atom. The molecule has 2 aromatic rings. The summed E-state index contributed by atoms with van der Waals surface area (Å²) in [6, 6.07) is 10.2. The third-order valence-corrected chi connectivity index (χ3v) is 4.39. The van der Waals surface area contributed by atoms with Crippen molar-refractivity contribution in [3.63, 3.8) is 0 Å². The first-order chi connectivity index (χ1) is 12.5. The Balaban J connectivity index is 1.91. The Hall–Kier alpha value is -1.99. The van der Waals surface area contributed by atoms with Gasteiger partial charge >= 0.3 is 0 Å². The molecule has 0 atom stereocenters. The van der Waals surface area contributed by atoms with Gasteiger partial charge in [-0.1, -0.05) is 12.1 Å². The van der Waals surface area contributed by atoms with Gasteiger partial charge in [-0.05, 0) is 39.7 Å². The molecule has 1 heterocycles. The Morgan fingerprint density at radius 2 is 2.12 bits per heavy atom. The van der Waals surface area contributed by atoms with Crippen molar-refractivity contribution in [2.24, 2.45) is 12.0 Å². The van der Waals surface area contributed by atoms with Crippen LogP contribution in [0.3, 0.4) is 0 Å². The number of hydrogen-bond donors (Lipinski definition) is 1. The van der Waals surface area contributed by atoms with E-state index in [0.717, 1.165) is 28.3 Å². The van der Waals surface area contributed by atoms with Crippen LogP contribution in [0.1, 0.15) is 11.3 Å². The summed E-state index contributed by atoms with van der Waals surface area (Å²) >= 11 is 3.51. The van der Waals surface area contributed by atoms with Gasteiger partial charge in [0.2, 0.25) is 0 Å². The summed E-state index contributed by atoms with van der Waals surface area (Å²) in [6.07, 6.45) is 2.05. The van der Waals surface area contributed by atoms with E-state index in [4.69, 9.17) is 9.47 Å². The number of rotatable bonds is 8. The van der Waals surface area contributed by atoms with Crippen molar-refractivity contribution < 1.29 is 9.47 Å². The van der Waals surface area contributed by atoms with Crippen molar-refractivity contribution in [1.82, 2.24) is 14.8 Å². The molecule has 1 aromatic carbocycles. The van der Waals surface area contributed by atoms with Crippen molar-refractivity contribution in [3.05, 3.63) is 52.3 Å². The number of halogens is 1. The maximum atomic E-state index is 5.66. The standard InChI is InChI=1S/C19H27BrN4O2/c1-21-19(24(3)14-17-11-16(20)13-23(17)2)22-12-15-6-5-7-18(10-15)26-9-8-25-4/h5-7,10-11,13H,8-9,12,14H2,1-4H3,(H,21,22). The van der Waals surface area contributed by atoms with Gasteiger partial charge in [-0.3, -0.25) is 4.99 Å². The lowest BCUT2D eigenvalue weighted by molar-refractivity contribution is 0.146. The van der Waals surface area contributed by atoms with Crippen molar-refractivity contribution in [3.8, 4) is 5.75 Å². The van der Waals surface area contributed by atoms with Crippen LogP contribution >= 0.6 is 15.9 Å². The smallest absolute Gasteiger partial charge is 0.194 e. The number of guanidine groups is 1. The number of ether oxygens (including phenoxy) is 2. The molecule has 142 valence electrons. The van der Waals surface area contributed by atoms with Gasteiger partial charge in [0.05, 0.1) is 13.2 Å². The molecule has 1 aromatic heterocycles. The Kier molecular flexibility index (Phi) is 8.00. The number of aromatic nitrogens is 1. The first-order valence-corrected chi connectivity index (χ1v) is 9.26. The zero-order valence-electron chi connectivity index (χ0n) is 15.8. The minimum Gasteiger partial charge on any atom is -0.491 e. The van der Waals surface area contributed by atoms with Gasteiger partial charge in [0.25, 0.3) is 0 Å². The van der Waals surface area contributed by atoms with Gasteiger partial charge in [0, 0.05) is 51.2 Å². The molecule has 26 heavy (non-hydrogen) atoms. The fourth-order valence-corrected chi connectivity index (χ4v) is 3.17. The van der Waals surface area contributed by atoms with Gasteiger partial charge in [-0.15, -0.1) is 0 Å². The molecule has 0 aliphatic carbocycles. The third kappa shape index (κ3) is 6.07. The number of methoxy groups -OCH3 is 1. The molecule has 0 aliphatic rings. The summed E-state index contributed by atoms with van der Waals surface area (Å²) in [5, 5.41) is 3.40. The largest absolute Gasteiger partial charge is 0.491 e. The van der Waals surface area contributed by atoms with Gasteiger partial charge in [0.1, 0.15) is 12.4 Å². The fourth-order valence-electron chi connectivity index (χ4n) is 2.60. The van der Waals surface area contributed by atoms with Crippen LogP contribution in [0.15, 0.2) is 46.0 Å². The average molecular weight is 423 g/mol. The second-order valence-corrected chi connectivity index (χ2v) is 6.92. The monoisotopic (exact) mass is 422 g/mol. The van der Waals surface area contributed by atoms with E-state index in [2.05, 4.69) is 54.0 Å². The lowest BCUT2D eigenvalue weighted by atomic mass is 10.2. The SMILES string of the molecule is CN=C(NCc1cccc(OCCOC)c1)N(C)Cc1cc(Br)cn1C. The van der Waals surface area contributed by atoms with Gasteiger partial charge < -0.3 is 24.3 Å². The molecule has 1 N–H and O–H groups in total. The fraction of sp³-hybridized carbons (Fsp3) is 0.421. The third-order valence-electron chi connectivity index (χ3n) is 3.95. The van der Waals surface area contributed by atoms with Crippen molar-refractivity contribution in [2.45, 2.75) is 13.1 Å². The molecule has 0 fully saturated rings. The molecule has 6 nitrogen and oxygen atoms in total. The van der Waals surface area contributed by atoms with Crippen LogP contribution in [0.25, 0.3) is 0 Å². The quantitative estimate of drug-likeness (QED) is 0.403. The summed E-state index contributed by atoms with van der Waals surface area (Å²) in [7, 11) is 7.53. The molecule has 0 saturated heterocycles. The second kappa shape index (κ2) is 10.2. The number of aliphatic imine (C=N–C) groups is 1. The van der Waals surface area contributed by atoms with Crippen LogP contribution in [0, 0.1) is 0 Å². The highest BCUT2D eigenvalue weighted by atomic mass is 79.9. The molecule has 2 rings (SSSR count). The summed E-state index contributed by atoms with van der Waals surface area (Å²) in [6.45, 7) is 2.57. The van der Waals surface area contributed by atoms with E-state index in [1.165, 1.54) is 5.69 Å². The molecule has 0 radical (unpaired) electrons. The number of hydrogen-bond acceptors (Lipinski definition) is 3. The Morgan fingerprint density at radius 3 is 2.77 bits per heavy atom. The second-order valence-electron chi connectivity index (χ2n) is 6.01. The van der Waals surface area contributed by atoms with Crippen LogP contribution in [-0.2, 0) is 24.9 Å². The Labute approximate surface area is 163 Å². The van der Waals surface area contributed by atoms with Crippen LogP contribution in [0.5, 0.6) is 5.75 Å². The van der Waals surface area contributed by atoms with Crippen molar-refractivity contribution >= 4 is 21.9 Å². The molecule has 0 bridgehead atoms.